The standard InChI is InChI=1S/C52H79N11O14/c1-33(26-41(64)30-40(48(70)75-31-38-18-11-9-12-19-38)22-15-16-24-55-50(71)76-32-39-20-13-10-14-21-39)56-43(65)27-34(2)57-44(66)28-35(3)58-45(67)29-36(4)59-46(68)37(5)60-47(69)42(61-51(72)77-52(6,7)8)23-17-25-54-49(53)62-63(73)74/h9-14,18-21,33-37,40,42H,15-17,22-32H2,1-8H3,(H,55,71)(H,56,65)(H,57,66)(H,58,67)(H,59,68)(H,60,69)(H,61,72)(H3,53,54,62)/t33-,34-,35-,36-,37-,40+,42-/m0/s1. The molecule has 0 saturated heterocycles. The largest absolute Gasteiger partial charge is 0.461 e. The Balaban J connectivity index is 1.79. The van der Waals surface area contributed by atoms with Crippen LogP contribution >= 0.6 is 0 Å². The molecular formula is C52H79N11O14. The second kappa shape index (κ2) is 34.7. The summed E-state index contributed by atoms with van der Waals surface area (Å²) < 4.78 is 16.1. The maximum absolute atomic E-state index is 13.3. The number of ketones is 1. The number of nitrogens with two attached hydrogens (primary N) is 1. The smallest absolute Gasteiger partial charge is 0.408 e. The molecule has 0 bridgehead atoms. The van der Waals surface area contributed by atoms with Crippen molar-refractivity contribution in [1.82, 2.24) is 42.6 Å². The van der Waals surface area contributed by atoms with Crippen molar-refractivity contribution in [2.75, 3.05) is 13.1 Å². The Labute approximate surface area is 449 Å². The van der Waals surface area contributed by atoms with Gasteiger partial charge in [-0.3, -0.25) is 33.6 Å². The number of guanidine groups is 1. The number of aliphatic imine (C=N–C) groups is 1. The van der Waals surface area contributed by atoms with Gasteiger partial charge in [-0.1, -0.05) is 72.5 Å². The molecule has 0 aromatic heterocycles. The van der Waals surface area contributed by atoms with Gasteiger partial charge in [0.2, 0.25) is 29.5 Å². The summed E-state index contributed by atoms with van der Waals surface area (Å²) in [5.41, 5.74) is 7.88. The predicted molar refractivity (Wildman–Crippen MR) is 283 cm³/mol. The predicted octanol–water partition coefficient (Wildman–Crippen LogP) is 3.26. The number of hydrogen-bond donors (Lipinski definition) is 9. The van der Waals surface area contributed by atoms with Crippen molar-refractivity contribution in [2.45, 2.75) is 175 Å². The zero-order valence-electron chi connectivity index (χ0n) is 45.4. The number of unbranched alkanes of at least 4 members (excludes halogenated alkanes) is 1. The highest BCUT2D eigenvalue weighted by atomic mass is 16.7. The summed E-state index contributed by atoms with van der Waals surface area (Å²) in [6.07, 6.45) is -0.526. The molecule has 0 spiro atoms. The maximum atomic E-state index is 13.3. The molecule has 426 valence electrons. The molecule has 2 aromatic carbocycles. The van der Waals surface area contributed by atoms with Gasteiger partial charge in [-0.15, -0.1) is 0 Å². The molecule has 0 fully saturated rings. The fourth-order valence-electron chi connectivity index (χ4n) is 7.46. The number of esters is 1. The van der Waals surface area contributed by atoms with Crippen LogP contribution in [0.15, 0.2) is 65.7 Å². The average molecular weight is 1080 g/mol. The van der Waals surface area contributed by atoms with Crippen LogP contribution in [0.1, 0.15) is 131 Å². The topological polar surface area (TPSA) is 359 Å². The lowest BCUT2D eigenvalue weighted by Gasteiger charge is -2.25. The molecule has 7 atom stereocenters. The molecule has 0 aliphatic rings. The molecule has 2 rings (SSSR count). The van der Waals surface area contributed by atoms with Gasteiger partial charge in [0, 0.05) is 69.4 Å². The van der Waals surface area contributed by atoms with E-state index in [1.807, 2.05) is 60.7 Å². The maximum Gasteiger partial charge on any atom is 0.408 e. The molecule has 0 saturated carbocycles. The van der Waals surface area contributed by atoms with Crippen molar-refractivity contribution in [2.24, 2.45) is 16.6 Å². The quantitative estimate of drug-likeness (QED) is 0.00942. The number of ether oxygens (including phenoxy) is 3. The van der Waals surface area contributed by atoms with Crippen molar-refractivity contribution in [1.29, 1.82) is 0 Å². The van der Waals surface area contributed by atoms with Crippen LogP contribution in [-0.4, -0.2) is 119 Å². The number of hydrazine groups is 1. The van der Waals surface area contributed by atoms with Gasteiger partial charge in [0.25, 0.3) is 5.96 Å². The van der Waals surface area contributed by atoms with Crippen molar-refractivity contribution in [3.63, 3.8) is 0 Å². The summed E-state index contributed by atoms with van der Waals surface area (Å²) in [4.78, 5) is 130. The van der Waals surface area contributed by atoms with Crippen molar-refractivity contribution in [3.8, 4) is 0 Å². The number of benzene rings is 2. The monoisotopic (exact) mass is 1080 g/mol. The first kappa shape index (κ1) is 65.3. The lowest BCUT2D eigenvalue weighted by Crippen LogP contribution is -2.54. The molecule has 0 aliphatic heterocycles. The first-order valence-electron chi connectivity index (χ1n) is 25.6. The summed E-state index contributed by atoms with van der Waals surface area (Å²) in [5, 5.41) is 28.2. The second-order valence-electron chi connectivity index (χ2n) is 19.9. The Kier molecular flexibility index (Phi) is 29.4. The number of nitrogens with zero attached hydrogens (tertiary/aromatic N) is 2. The third-order valence-electron chi connectivity index (χ3n) is 11.0. The molecule has 25 nitrogen and oxygen atoms in total. The van der Waals surface area contributed by atoms with E-state index in [4.69, 9.17) is 19.9 Å². The zero-order chi connectivity index (χ0) is 57.5. The van der Waals surface area contributed by atoms with Crippen LogP contribution in [0, 0.1) is 16.0 Å². The van der Waals surface area contributed by atoms with Gasteiger partial charge < -0.3 is 57.2 Å². The summed E-state index contributed by atoms with van der Waals surface area (Å²) in [5.74, 6) is -4.70. The first-order chi connectivity index (χ1) is 36.3. The van der Waals surface area contributed by atoms with Crippen LogP contribution in [0.3, 0.4) is 0 Å². The Morgan fingerprint density at radius 3 is 1.64 bits per heavy atom. The van der Waals surface area contributed by atoms with E-state index < -0.39 is 106 Å². The third kappa shape index (κ3) is 30.9. The molecule has 0 radical (unpaired) electrons. The van der Waals surface area contributed by atoms with Crippen LogP contribution < -0.4 is 48.4 Å². The molecular weight excluding hydrogens is 1000 g/mol. The first-order valence-corrected chi connectivity index (χ1v) is 25.6. The minimum absolute atomic E-state index is 0.000424. The molecule has 0 heterocycles. The SMILES string of the molecule is C[C@H](NC(=O)[C@H](CCCN=C(N)N[N+](=O)[O-])NC(=O)OC(C)(C)C)C(=O)N[C@@H](C)CC(=O)N[C@@H](C)CC(=O)N[C@@H](C)CC(=O)N[C@@H](C)CC(=O)C[C@@H](CCCCNC(=O)OCc1ccccc1)C(=O)OCc1ccccc1. The number of amides is 7. The van der Waals surface area contributed by atoms with E-state index in [2.05, 4.69) is 42.2 Å². The summed E-state index contributed by atoms with van der Waals surface area (Å²) in [6, 6.07) is 13.5. The lowest BCUT2D eigenvalue weighted by atomic mass is 9.94. The molecule has 2 aromatic rings. The average Bonchev–Trinajstić information content (AvgIpc) is 3.32. The van der Waals surface area contributed by atoms with E-state index in [0.29, 0.717) is 25.8 Å². The minimum Gasteiger partial charge on any atom is -0.461 e. The van der Waals surface area contributed by atoms with E-state index in [-0.39, 0.29) is 70.5 Å². The third-order valence-corrected chi connectivity index (χ3v) is 11.0. The van der Waals surface area contributed by atoms with Gasteiger partial charge in [-0.25, -0.2) is 24.7 Å². The van der Waals surface area contributed by atoms with Gasteiger partial charge >= 0.3 is 18.2 Å². The second-order valence-corrected chi connectivity index (χ2v) is 19.9. The van der Waals surface area contributed by atoms with Crippen LogP contribution in [0.5, 0.6) is 0 Å². The molecule has 0 unspecified atom stereocenters. The van der Waals surface area contributed by atoms with Crippen molar-refractivity contribution < 1.29 is 62.4 Å². The Bertz CT molecular complexity index is 2280. The number of nitro groups is 1. The normalized spacial score (nSPS) is 14.0. The molecule has 77 heavy (non-hydrogen) atoms. The lowest BCUT2D eigenvalue weighted by molar-refractivity contribution is -0.525. The fraction of sp³-hybridized carbons (Fsp3) is 0.577. The number of alkyl carbamates (subject to hydrolysis) is 2. The zero-order valence-corrected chi connectivity index (χ0v) is 45.4. The minimum atomic E-state index is -1.19. The Morgan fingerprint density at radius 2 is 1.12 bits per heavy atom. The van der Waals surface area contributed by atoms with Gasteiger partial charge in [0.1, 0.15) is 36.7 Å². The highest BCUT2D eigenvalue weighted by Crippen LogP contribution is 2.19. The Hall–Kier alpha value is -7.86. The number of carbonyl (C=O) groups is 9. The number of Topliss-reactive ketones (excluding diaryl/α,β-unsaturated/α-hetero) is 1. The summed E-state index contributed by atoms with van der Waals surface area (Å²) in [7, 11) is 0. The molecule has 0 aliphatic carbocycles. The van der Waals surface area contributed by atoms with Crippen molar-refractivity contribution >= 4 is 59.4 Å². The Morgan fingerprint density at radius 1 is 0.610 bits per heavy atom. The van der Waals surface area contributed by atoms with E-state index >= 15 is 0 Å². The number of rotatable bonds is 33. The molecule has 10 N–H and O–H groups in total. The summed E-state index contributed by atoms with van der Waals surface area (Å²) in [6.45, 7) is 13.2. The number of nitrogens with one attached hydrogen (secondary N) is 8. The fourth-order valence-corrected chi connectivity index (χ4v) is 7.46. The highest BCUT2D eigenvalue weighted by molar-refractivity contribution is 5.91. The van der Waals surface area contributed by atoms with Crippen LogP contribution in [0.2, 0.25) is 0 Å². The molecule has 7 amide bonds. The van der Waals surface area contributed by atoms with E-state index in [0.717, 1.165) is 11.1 Å². The van der Waals surface area contributed by atoms with Crippen LogP contribution in [0.4, 0.5) is 9.59 Å². The van der Waals surface area contributed by atoms with Gasteiger partial charge in [-0.2, -0.15) is 0 Å². The summed E-state index contributed by atoms with van der Waals surface area (Å²) >= 11 is 0. The van der Waals surface area contributed by atoms with E-state index in [9.17, 15) is 53.3 Å². The highest BCUT2D eigenvalue weighted by Gasteiger charge is 2.29. The van der Waals surface area contributed by atoms with E-state index in [1.54, 1.807) is 53.9 Å². The van der Waals surface area contributed by atoms with E-state index in [1.165, 1.54) is 6.92 Å². The van der Waals surface area contributed by atoms with Crippen LogP contribution in [-0.2, 0) is 61.0 Å². The number of hydrogen-bond acceptors (Lipinski definition) is 15. The van der Waals surface area contributed by atoms with Gasteiger partial charge in [-0.05, 0) is 92.2 Å². The van der Waals surface area contributed by atoms with Gasteiger partial charge in [0.15, 0.2) is 5.03 Å². The number of carbonyl (C=O) groups excluding carboxylic acids is 9. The molecule has 25 heteroatoms. The van der Waals surface area contributed by atoms with Crippen molar-refractivity contribution in [3.05, 3.63) is 81.9 Å². The van der Waals surface area contributed by atoms with Gasteiger partial charge in [0.05, 0.1) is 5.92 Å². The van der Waals surface area contributed by atoms with Crippen LogP contribution in [0.25, 0.3) is 0 Å².